The Morgan fingerprint density at radius 2 is 1.94 bits per heavy atom. The van der Waals surface area contributed by atoms with Crippen LogP contribution in [0.25, 0.3) is 10.9 Å². The van der Waals surface area contributed by atoms with E-state index in [-0.39, 0.29) is 31.3 Å². The summed E-state index contributed by atoms with van der Waals surface area (Å²) in [6, 6.07) is 13.6. The van der Waals surface area contributed by atoms with Crippen LogP contribution in [0.2, 0.25) is 0 Å². The predicted molar refractivity (Wildman–Crippen MR) is 116 cm³/mol. The molecule has 1 heterocycles. The molecule has 10 heteroatoms. The second kappa shape index (κ2) is 9.98. The van der Waals surface area contributed by atoms with Gasteiger partial charge >= 0.3 is 5.97 Å². The van der Waals surface area contributed by atoms with Crippen LogP contribution >= 0.6 is 15.9 Å². The Hall–Kier alpha value is -3.53. The third-order valence-electron chi connectivity index (χ3n) is 4.26. The summed E-state index contributed by atoms with van der Waals surface area (Å²) in [7, 11) is 0. The molecule has 2 N–H and O–H groups in total. The Balaban J connectivity index is 1.74. The van der Waals surface area contributed by atoms with E-state index in [4.69, 9.17) is 4.74 Å². The van der Waals surface area contributed by atoms with Gasteiger partial charge in [0.2, 0.25) is 5.88 Å². The van der Waals surface area contributed by atoms with Crippen LogP contribution in [0, 0.1) is 0 Å². The number of benzene rings is 2. The molecule has 0 radical (unpaired) electrons. The van der Waals surface area contributed by atoms with Crippen molar-refractivity contribution in [1.29, 1.82) is 0 Å². The van der Waals surface area contributed by atoms with Gasteiger partial charge in [-0.05, 0) is 31.2 Å². The Morgan fingerprint density at radius 1 is 1.16 bits per heavy atom. The Bertz CT molecular complexity index is 1170. The number of aromatic hydroxyl groups is 1. The number of nitrogens with one attached hydrogen (secondary N) is 1. The van der Waals surface area contributed by atoms with Crippen molar-refractivity contribution in [3.63, 3.8) is 0 Å². The third kappa shape index (κ3) is 5.34. The second-order valence-corrected chi connectivity index (χ2v) is 7.28. The minimum absolute atomic E-state index is 0.0477. The number of carbonyl (C=O) groups excluding carboxylic acids is 3. The number of para-hydroxylation sites is 1. The third-order valence-corrected chi connectivity index (χ3v) is 4.75. The fourth-order valence-electron chi connectivity index (χ4n) is 2.89. The highest BCUT2D eigenvalue weighted by molar-refractivity contribution is 9.10. The van der Waals surface area contributed by atoms with Gasteiger partial charge in [0.1, 0.15) is 13.1 Å². The predicted octanol–water partition coefficient (Wildman–Crippen LogP) is 3.71. The zero-order valence-corrected chi connectivity index (χ0v) is 18.1. The molecule has 0 bridgehead atoms. The fraction of sp³-hybridized carbons (Fsp3) is 0.190. The molecule has 0 aliphatic carbocycles. The van der Waals surface area contributed by atoms with Crippen LogP contribution in [0.4, 0.5) is 5.69 Å². The topological polar surface area (TPSA) is 122 Å². The Labute approximate surface area is 185 Å². The number of ether oxygens (including phenoxy) is 1. The van der Waals surface area contributed by atoms with Gasteiger partial charge in [0, 0.05) is 15.4 Å². The molecule has 0 atom stereocenters. The van der Waals surface area contributed by atoms with E-state index in [1.165, 1.54) is 4.57 Å². The minimum Gasteiger partial charge on any atom is -0.493 e. The van der Waals surface area contributed by atoms with E-state index in [1.807, 2.05) is 0 Å². The molecule has 2 amide bonds. The number of nitrogens with zero attached hydrogens (tertiary/aromatic N) is 3. The van der Waals surface area contributed by atoms with Gasteiger partial charge in [-0.15, -0.1) is 10.2 Å². The van der Waals surface area contributed by atoms with Gasteiger partial charge in [0.05, 0.1) is 12.1 Å². The molecule has 0 aliphatic heterocycles. The maximum atomic E-state index is 12.1. The van der Waals surface area contributed by atoms with Crippen LogP contribution in [0.3, 0.4) is 0 Å². The van der Waals surface area contributed by atoms with Gasteiger partial charge in [0.15, 0.2) is 5.69 Å². The van der Waals surface area contributed by atoms with Crippen molar-refractivity contribution in [2.45, 2.75) is 13.5 Å². The number of hydrogen-bond acceptors (Lipinski definition) is 6. The number of fused-ring (bicyclic) bond motifs is 1. The van der Waals surface area contributed by atoms with Crippen molar-refractivity contribution in [3.8, 4) is 5.88 Å². The largest absolute Gasteiger partial charge is 0.493 e. The maximum Gasteiger partial charge on any atom is 0.326 e. The molecule has 0 aliphatic rings. The average molecular weight is 487 g/mol. The summed E-state index contributed by atoms with van der Waals surface area (Å²) in [5.41, 5.74) is 0.975. The number of esters is 1. The van der Waals surface area contributed by atoms with Crippen LogP contribution in [-0.4, -0.2) is 40.6 Å². The molecule has 3 rings (SSSR count). The lowest BCUT2D eigenvalue weighted by molar-refractivity contribution is -0.143. The lowest BCUT2D eigenvalue weighted by Crippen LogP contribution is -2.28. The SMILES string of the molecule is CCOC(=O)Cn1c(O)c(N=NC(=O)CNC(=O)c2cccc(Br)c2)c2ccccc21. The van der Waals surface area contributed by atoms with Crippen molar-refractivity contribution in [1.82, 2.24) is 9.88 Å². The molecule has 31 heavy (non-hydrogen) atoms. The first-order chi connectivity index (χ1) is 14.9. The number of hydrogen-bond donors (Lipinski definition) is 2. The Morgan fingerprint density at radius 3 is 2.68 bits per heavy atom. The molecule has 160 valence electrons. The number of rotatable bonds is 7. The summed E-state index contributed by atoms with van der Waals surface area (Å²) in [5.74, 6) is -1.97. The Kier molecular flexibility index (Phi) is 7.14. The van der Waals surface area contributed by atoms with E-state index >= 15 is 0 Å². The van der Waals surface area contributed by atoms with Crippen molar-refractivity contribution in [2.75, 3.05) is 13.2 Å². The monoisotopic (exact) mass is 486 g/mol. The normalized spacial score (nSPS) is 11.0. The molecule has 3 aromatic rings. The highest BCUT2D eigenvalue weighted by Crippen LogP contribution is 2.38. The van der Waals surface area contributed by atoms with Crippen molar-refractivity contribution < 1.29 is 24.2 Å². The van der Waals surface area contributed by atoms with E-state index in [1.54, 1.807) is 55.5 Å². The van der Waals surface area contributed by atoms with Gasteiger partial charge < -0.3 is 15.2 Å². The number of aromatic nitrogens is 1. The van der Waals surface area contributed by atoms with E-state index in [0.29, 0.717) is 16.5 Å². The van der Waals surface area contributed by atoms with Crippen LogP contribution < -0.4 is 5.32 Å². The van der Waals surface area contributed by atoms with Gasteiger partial charge in [-0.25, -0.2) is 0 Å². The molecule has 2 aromatic carbocycles. The van der Waals surface area contributed by atoms with E-state index in [9.17, 15) is 19.5 Å². The van der Waals surface area contributed by atoms with Gasteiger partial charge in [-0.2, -0.15) is 0 Å². The summed E-state index contributed by atoms with van der Waals surface area (Å²) in [4.78, 5) is 36.1. The van der Waals surface area contributed by atoms with E-state index in [0.717, 1.165) is 4.47 Å². The maximum absolute atomic E-state index is 12.1. The zero-order valence-electron chi connectivity index (χ0n) is 16.5. The second-order valence-electron chi connectivity index (χ2n) is 6.37. The first-order valence-electron chi connectivity index (χ1n) is 9.34. The molecular weight excluding hydrogens is 468 g/mol. The highest BCUT2D eigenvalue weighted by Gasteiger charge is 2.19. The molecule has 9 nitrogen and oxygen atoms in total. The van der Waals surface area contributed by atoms with Gasteiger partial charge in [-0.1, -0.05) is 40.2 Å². The molecule has 0 saturated heterocycles. The van der Waals surface area contributed by atoms with Gasteiger partial charge in [-0.3, -0.25) is 19.0 Å². The number of azo groups is 1. The smallest absolute Gasteiger partial charge is 0.326 e. The average Bonchev–Trinajstić information content (AvgIpc) is 3.01. The fourth-order valence-corrected chi connectivity index (χ4v) is 3.29. The van der Waals surface area contributed by atoms with E-state index < -0.39 is 17.8 Å². The lowest BCUT2D eigenvalue weighted by Gasteiger charge is -2.06. The number of carbonyl (C=O) groups is 3. The first-order valence-corrected chi connectivity index (χ1v) is 10.1. The molecule has 0 spiro atoms. The summed E-state index contributed by atoms with van der Waals surface area (Å²) in [6.07, 6.45) is 0. The highest BCUT2D eigenvalue weighted by atomic mass is 79.9. The molecule has 1 aromatic heterocycles. The summed E-state index contributed by atoms with van der Waals surface area (Å²) < 4.78 is 7.00. The van der Waals surface area contributed by atoms with Crippen LogP contribution in [-0.2, 0) is 20.9 Å². The van der Waals surface area contributed by atoms with Crippen molar-refractivity contribution in [3.05, 3.63) is 58.6 Å². The zero-order chi connectivity index (χ0) is 22.4. The quantitative estimate of drug-likeness (QED) is 0.389. The van der Waals surface area contributed by atoms with Crippen molar-refractivity contribution in [2.24, 2.45) is 10.2 Å². The lowest BCUT2D eigenvalue weighted by atomic mass is 10.2. The van der Waals surface area contributed by atoms with Crippen LogP contribution in [0.5, 0.6) is 5.88 Å². The molecule has 0 fully saturated rings. The van der Waals surface area contributed by atoms with Crippen molar-refractivity contribution >= 4 is 50.3 Å². The number of halogens is 1. The van der Waals surface area contributed by atoms with Crippen LogP contribution in [0.15, 0.2) is 63.2 Å². The summed E-state index contributed by atoms with van der Waals surface area (Å²) in [5, 5.41) is 21.0. The van der Waals surface area contributed by atoms with E-state index in [2.05, 4.69) is 31.5 Å². The summed E-state index contributed by atoms with van der Waals surface area (Å²) >= 11 is 3.28. The minimum atomic E-state index is -0.704. The van der Waals surface area contributed by atoms with Crippen LogP contribution in [0.1, 0.15) is 17.3 Å². The standard InChI is InChI=1S/C21H19BrN4O5/c1-2-31-18(28)12-26-16-9-4-3-8-15(16)19(21(26)30)25-24-17(27)11-23-20(29)13-6-5-7-14(22)10-13/h3-10,30H,2,11-12H2,1H3,(H,23,29). The molecule has 0 unspecified atom stereocenters. The summed E-state index contributed by atoms with van der Waals surface area (Å²) in [6.45, 7) is 1.32. The first kappa shape index (κ1) is 22.2. The molecular formula is C21H19BrN4O5. The number of amides is 2. The molecule has 0 saturated carbocycles. The van der Waals surface area contributed by atoms with Gasteiger partial charge in [0.25, 0.3) is 11.8 Å².